The summed E-state index contributed by atoms with van der Waals surface area (Å²) < 4.78 is 7.43. The summed E-state index contributed by atoms with van der Waals surface area (Å²) in [7, 11) is 0. The predicted octanol–water partition coefficient (Wildman–Crippen LogP) is 2.81. The van der Waals surface area contributed by atoms with Gasteiger partial charge in [0.05, 0.1) is 25.8 Å². The number of benzene rings is 1. The molecule has 0 saturated carbocycles. The third kappa shape index (κ3) is 3.51. The second kappa shape index (κ2) is 7.22. The van der Waals surface area contributed by atoms with Crippen molar-refractivity contribution in [3.63, 3.8) is 0 Å². The molecule has 0 spiro atoms. The zero-order chi connectivity index (χ0) is 18.0. The van der Waals surface area contributed by atoms with Crippen molar-refractivity contribution in [1.29, 1.82) is 5.26 Å². The fourth-order valence-electron chi connectivity index (χ4n) is 3.35. The van der Waals surface area contributed by atoms with E-state index in [0.717, 1.165) is 22.6 Å². The highest BCUT2D eigenvalue weighted by Crippen LogP contribution is 2.22. The van der Waals surface area contributed by atoms with Gasteiger partial charge in [-0.15, -0.1) is 0 Å². The van der Waals surface area contributed by atoms with Gasteiger partial charge in [-0.3, -0.25) is 9.69 Å². The van der Waals surface area contributed by atoms with Crippen LogP contribution in [0.25, 0.3) is 5.69 Å². The molecule has 3 rings (SSSR count). The van der Waals surface area contributed by atoms with E-state index in [9.17, 15) is 10.1 Å². The maximum absolute atomic E-state index is 12.8. The van der Waals surface area contributed by atoms with Crippen molar-refractivity contribution in [2.75, 3.05) is 26.3 Å². The minimum atomic E-state index is -0.349. The fraction of sp³-hybridized carbons (Fsp3) is 0.400. The molecule has 0 aliphatic carbocycles. The number of carbonyl (C=O) groups excluding carboxylic acids is 1. The first-order valence-electron chi connectivity index (χ1n) is 8.52. The molecule has 1 aliphatic heterocycles. The van der Waals surface area contributed by atoms with E-state index in [0.29, 0.717) is 19.8 Å². The number of aromatic nitrogens is 1. The summed E-state index contributed by atoms with van der Waals surface area (Å²) in [5.41, 5.74) is 4.95. The molecule has 5 heteroatoms. The van der Waals surface area contributed by atoms with E-state index in [2.05, 4.69) is 41.8 Å². The van der Waals surface area contributed by atoms with Gasteiger partial charge in [0, 0.05) is 29.2 Å². The highest BCUT2D eigenvalue weighted by atomic mass is 16.5. The SMILES string of the molecule is Cc1ccc(-n2c(C)cc(C(=O)CN3CCOC[C@@H]3C#N)c2C)cc1. The predicted molar refractivity (Wildman–Crippen MR) is 96.1 cm³/mol. The summed E-state index contributed by atoms with van der Waals surface area (Å²) in [4.78, 5) is 14.7. The highest BCUT2D eigenvalue weighted by Gasteiger charge is 2.26. The lowest BCUT2D eigenvalue weighted by atomic mass is 10.1. The average molecular weight is 337 g/mol. The number of ether oxygens (including phenoxy) is 1. The number of morpholine rings is 1. The first kappa shape index (κ1) is 17.4. The van der Waals surface area contributed by atoms with Crippen LogP contribution in [0.15, 0.2) is 30.3 Å². The Kier molecular flexibility index (Phi) is 5.03. The molecule has 130 valence electrons. The number of nitriles is 1. The molecule has 2 aromatic rings. The molecule has 1 atom stereocenters. The smallest absolute Gasteiger partial charge is 0.178 e. The van der Waals surface area contributed by atoms with Crippen molar-refractivity contribution in [3.8, 4) is 11.8 Å². The molecule has 2 heterocycles. The number of nitrogens with zero attached hydrogens (tertiary/aromatic N) is 3. The number of hydrogen-bond donors (Lipinski definition) is 0. The molecular weight excluding hydrogens is 314 g/mol. The van der Waals surface area contributed by atoms with Crippen LogP contribution in [0.5, 0.6) is 0 Å². The number of ketones is 1. The van der Waals surface area contributed by atoms with Crippen LogP contribution >= 0.6 is 0 Å². The largest absolute Gasteiger partial charge is 0.377 e. The van der Waals surface area contributed by atoms with Gasteiger partial charge in [-0.2, -0.15) is 5.26 Å². The summed E-state index contributed by atoms with van der Waals surface area (Å²) >= 11 is 0. The number of aryl methyl sites for hydroxylation is 2. The van der Waals surface area contributed by atoms with Gasteiger partial charge in [0.1, 0.15) is 6.04 Å². The second-order valence-electron chi connectivity index (χ2n) is 6.57. The number of rotatable bonds is 4. The number of Topliss-reactive ketones (excluding diaryl/α,β-unsaturated/α-hetero) is 1. The van der Waals surface area contributed by atoms with Crippen molar-refractivity contribution < 1.29 is 9.53 Å². The van der Waals surface area contributed by atoms with Crippen molar-refractivity contribution in [3.05, 3.63) is 52.8 Å². The van der Waals surface area contributed by atoms with E-state index < -0.39 is 0 Å². The normalized spacial score (nSPS) is 18.1. The minimum Gasteiger partial charge on any atom is -0.377 e. The van der Waals surface area contributed by atoms with Gasteiger partial charge in [0.15, 0.2) is 5.78 Å². The van der Waals surface area contributed by atoms with Crippen LogP contribution in [-0.2, 0) is 4.74 Å². The van der Waals surface area contributed by atoms with Crippen LogP contribution in [0.4, 0.5) is 0 Å². The lowest BCUT2D eigenvalue weighted by molar-refractivity contribution is 0.0143. The van der Waals surface area contributed by atoms with E-state index in [1.54, 1.807) is 0 Å². The van der Waals surface area contributed by atoms with Crippen LogP contribution in [0.2, 0.25) is 0 Å². The molecule has 1 aromatic carbocycles. The maximum Gasteiger partial charge on any atom is 0.178 e. The van der Waals surface area contributed by atoms with Gasteiger partial charge in [-0.25, -0.2) is 0 Å². The van der Waals surface area contributed by atoms with Crippen LogP contribution in [0.1, 0.15) is 27.3 Å². The van der Waals surface area contributed by atoms with Gasteiger partial charge in [-0.05, 0) is 39.0 Å². The molecule has 1 aliphatic rings. The van der Waals surface area contributed by atoms with E-state index >= 15 is 0 Å². The first-order valence-corrected chi connectivity index (χ1v) is 8.52. The quantitative estimate of drug-likeness (QED) is 0.805. The van der Waals surface area contributed by atoms with E-state index in [1.165, 1.54) is 5.56 Å². The Balaban J connectivity index is 1.85. The third-order valence-electron chi connectivity index (χ3n) is 4.76. The monoisotopic (exact) mass is 337 g/mol. The Morgan fingerprint density at radius 3 is 2.68 bits per heavy atom. The average Bonchev–Trinajstić information content (AvgIpc) is 2.91. The maximum atomic E-state index is 12.8. The standard InChI is InChI=1S/C20H23N3O2/c1-14-4-6-17(7-5-14)23-15(2)10-19(16(23)3)20(24)12-22-8-9-25-13-18(22)11-21/h4-7,10,18H,8-9,12-13H2,1-3H3/t18-/m0/s1. The molecule has 0 N–H and O–H groups in total. The van der Waals surface area contributed by atoms with Gasteiger partial charge in [0.25, 0.3) is 0 Å². The molecule has 0 amide bonds. The van der Waals surface area contributed by atoms with Gasteiger partial charge < -0.3 is 9.30 Å². The minimum absolute atomic E-state index is 0.0496. The van der Waals surface area contributed by atoms with Gasteiger partial charge in [-0.1, -0.05) is 17.7 Å². The molecule has 1 saturated heterocycles. The third-order valence-corrected chi connectivity index (χ3v) is 4.76. The van der Waals surface area contributed by atoms with E-state index in [4.69, 9.17) is 4.74 Å². The lowest BCUT2D eigenvalue weighted by Gasteiger charge is -2.30. The summed E-state index contributed by atoms with van der Waals surface area (Å²) in [6.07, 6.45) is 0. The molecule has 0 unspecified atom stereocenters. The molecule has 0 bridgehead atoms. The topological polar surface area (TPSA) is 58.3 Å². The first-order chi connectivity index (χ1) is 12.0. The van der Waals surface area contributed by atoms with Crippen LogP contribution < -0.4 is 0 Å². The van der Waals surface area contributed by atoms with Crippen molar-refractivity contribution in [2.45, 2.75) is 26.8 Å². The van der Waals surface area contributed by atoms with E-state index in [-0.39, 0.29) is 18.4 Å². The Hall–Kier alpha value is -2.42. The zero-order valence-electron chi connectivity index (χ0n) is 15.0. The zero-order valence-corrected chi connectivity index (χ0v) is 15.0. The molecular formula is C20H23N3O2. The summed E-state index contributed by atoms with van der Waals surface area (Å²) in [5.74, 6) is 0.0496. The number of hydrogen-bond acceptors (Lipinski definition) is 4. The summed E-state index contributed by atoms with van der Waals surface area (Å²) in [6.45, 7) is 7.83. The van der Waals surface area contributed by atoms with Crippen LogP contribution in [0.3, 0.4) is 0 Å². The van der Waals surface area contributed by atoms with Crippen molar-refractivity contribution >= 4 is 5.78 Å². The van der Waals surface area contributed by atoms with Gasteiger partial charge in [0.2, 0.25) is 0 Å². The Morgan fingerprint density at radius 1 is 1.28 bits per heavy atom. The summed E-state index contributed by atoms with van der Waals surface area (Å²) in [5, 5.41) is 9.23. The lowest BCUT2D eigenvalue weighted by Crippen LogP contribution is -2.46. The second-order valence-corrected chi connectivity index (χ2v) is 6.57. The van der Waals surface area contributed by atoms with Gasteiger partial charge >= 0.3 is 0 Å². The Morgan fingerprint density at radius 2 is 2.00 bits per heavy atom. The van der Waals surface area contributed by atoms with Crippen LogP contribution in [0, 0.1) is 32.1 Å². The summed E-state index contributed by atoms with van der Waals surface area (Å²) in [6, 6.07) is 12.1. The fourth-order valence-corrected chi connectivity index (χ4v) is 3.35. The van der Waals surface area contributed by atoms with E-state index in [1.807, 2.05) is 24.8 Å². The van der Waals surface area contributed by atoms with Crippen LogP contribution in [-0.4, -0.2) is 47.6 Å². The van der Waals surface area contributed by atoms with Crippen molar-refractivity contribution in [1.82, 2.24) is 9.47 Å². The molecule has 1 fully saturated rings. The number of carbonyl (C=O) groups is 1. The Labute approximate surface area is 148 Å². The van der Waals surface area contributed by atoms with Crippen molar-refractivity contribution in [2.24, 2.45) is 0 Å². The Bertz CT molecular complexity index is 815. The molecule has 0 radical (unpaired) electrons. The highest BCUT2D eigenvalue weighted by molar-refractivity contribution is 5.99. The molecule has 1 aromatic heterocycles. The molecule has 5 nitrogen and oxygen atoms in total. The molecule has 25 heavy (non-hydrogen) atoms.